The molecule has 0 fully saturated rings. The van der Waals surface area contributed by atoms with Crippen LogP contribution in [0.2, 0.25) is 0 Å². The van der Waals surface area contributed by atoms with Gasteiger partial charge in [0.15, 0.2) is 0 Å². The van der Waals surface area contributed by atoms with Crippen molar-refractivity contribution >= 4 is 0 Å². The van der Waals surface area contributed by atoms with Gasteiger partial charge in [0, 0.05) is 0 Å². The van der Waals surface area contributed by atoms with Crippen LogP contribution < -0.4 is 6.15 Å². The third-order valence-electron chi connectivity index (χ3n) is 3.20. The zero-order chi connectivity index (χ0) is 15.7. The Morgan fingerprint density at radius 1 is 1.05 bits per heavy atom. The van der Waals surface area contributed by atoms with Crippen LogP contribution in [-0.2, 0) is 17.4 Å². The molecule has 0 unspecified atom stereocenters. The fourth-order valence-electron chi connectivity index (χ4n) is 2.12. The SMILES string of the molecule is CC(C)(C)c1cc(CN(O)N=O)cc(C(C)(C)C)c1O.N. The molecule has 0 amide bonds. The molecule has 1 aromatic rings. The molecule has 5 N–H and O–H groups in total. The van der Waals surface area contributed by atoms with E-state index in [0.29, 0.717) is 5.17 Å². The number of hydrogen-bond donors (Lipinski definition) is 3. The van der Waals surface area contributed by atoms with Gasteiger partial charge in [-0.05, 0) is 39.7 Å². The number of rotatable bonds is 3. The highest BCUT2D eigenvalue weighted by Gasteiger charge is 2.26. The smallest absolute Gasteiger partial charge is 0.123 e. The first-order valence-corrected chi connectivity index (χ1v) is 6.63. The summed E-state index contributed by atoms with van der Waals surface area (Å²) < 4.78 is 0. The summed E-state index contributed by atoms with van der Waals surface area (Å²) in [6.45, 7) is 12.0. The number of hydroxylamine groups is 1. The molecular weight excluding hydrogens is 270 g/mol. The lowest BCUT2D eigenvalue weighted by atomic mass is 9.78. The number of phenolic OH excluding ortho intramolecular Hbond substituents is 1. The predicted molar refractivity (Wildman–Crippen MR) is 83.7 cm³/mol. The van der Waals surface area contributed by atoms with Gasteiger partial charge in [-0.2, -0.15) is 0 Å². The second-order valence-corrected chi connectivity index (χ2v) is 7.15. The van der Waals surface area contributed by atoms with E-state index in [9.17, 15) is 15.2 Å². The third-order valence-corrected chi connectivity index (χ3v) is 3.20. The van der Waals surface area contributed by atoms with Crippen molar-refractivity contribution in [1.29, 1.82) is 0 Å². The molecule has 0 radical (unpaired) electrons. The molecule has 0 aliphatic heterocycles. The first-order valence-electron chi connectivity index (χ1n) is 6.63. The average Bonchev–Trinajstić information content (AvgIpc) is 2.28. The van der Waals surface area contributed by atoms with Crippen LogP contribution in [-0.4, -0.2) is 15.5 Å². The number of nitrogens with zero attached hydrogens (tertiary/aromatic N) is 2. The van der Waals surface area contributed by atoms with Crippen molar-refractivity contribution in [2.75, 3.05) is 0 Å². The van der Waals surface area contributed by atoms with Gasteiger partial charge in [0.2, 0.25) is 0 Å². The summed E-state index contributed by atoms with van der Waals surface area (Å²) in [6, 6.07) is 3.61. The molecular formula is C15H27N3O3. The molecule has 0 atom stereocenters. The first kappa shape index (κ1) is 19.3. The van der Waals surface area contributed by atoms with Gasteiger partial charge in [-0.1, -0.05) is 41.5 Å². The fourth-order valence-corrected chi connectivity index (χ4v) is 2.12. The number of nitroso groups, excluding NO2 is 1. The van der Waals surface area contributed by atoms with Crippen LogP contribution in [0.1, 0.15) is 58.2 Å². The summed E-state index contributed by atoms with van der Waals surface area (Å²) >= 11 is 0. The standard InChI is InChI=1S/C15H24N2O3.H3N/c1-14(2,3)11-7-10(9-17(20)16-19)8-12(13(11)18)15(4,5)6;/h7-8,18,20H,9H2,1-6H3;1H3. The maximum absolute atomic E-state index is 10.5. The number of benzene rings is 1. The molecule has 0 heterocycles. The summed E-state index contributed by atoms with van der Waals surface area (Å²) in [6.07, 6.45) is 0. The lowest BCUT2D eigenvalue weighted by Gasteiger charge is -2.28. The van der Waals surface area contributed by atoms with Crippen LogP contribution in [0.15, 0.2) is 17.4 Å². The minimum Gasteiger partial charge on any atom is -0.507 e. The Labute approximate surface area is 126 Å². The van der Waals surface area contributed by atoms with Gasteiger partial charge in [0.25, 0.3) is 0 Å². The van der Waals surface area contributed by atoms with Gasteiger partial charge in [0.1, 0.15) is 5.75 Å². The molecule has 1 rings (SSSR count). The van der Waals surface area contributed by atoms with E-state index in [0.717, 1.165) is 16.7 Å². The second-order valence-electron chi connectivity index (χ2n) is 7.15. The van der Waals surface area contributed by atoms with Crippen molar-refractivity contribution in [2.24, 2.45) is 5.29 Å². The highest BCUT2D eigenvalue weighted by Crippen LogP contribution is 2.39. The van der Waals surface area contributed by atoms with Crippen LogP contribution >= 0.6 is 0 Å². The number of hydrogen-bond acceptors (Lipinski definition) is 5. The van der Waals surface area contributed by atoms with Crippen LogP contribution in [0.4, 0.5) is 0 Å². The molecule has 0 spiro atoms. The monoisotopic (exact) mass is 297 g/mol. The Balaban J connectivity index is 0.00000400. The van der Waals surface area contributed by atoms with Crippen molar-refractivity contribution in [3.8, 4) is 5.75 Å². The maximum Gasteiger partial charge on any atom is 0.123 e. The van der Waals surface area contributed by atoms with E-state index >= 15 is 0 Å². The largest absolute Gasteiger partial charge is 0.507 e. The Kier molecular flexibility index (Phi) is 5.90. The fraction of sp³-hybridized carbons (Fsp3) is 0.600. The minimum absolute atomic E-state index is 0. The van der Waals surface area contributed by atoms with Crippen molar-refractivity contribution in [1.82, 2.24) is 11.3 Å². The molecule has 0 aliphatic rings. The number of aromatic hydroxyl groups is 1. The van der Waals surface area contributed by atoms with Crippen molar-refractivity contribution < 1.29 is 10.3 Å². The lowest BCUT2D eigenvalue weighted by molar-refractivity contribution is -0.100. The van der Waals surface area contributed by atoms with E-state index in [-0.39, 0.29) is 29.3 Å². The van der Waals surface area contributed by atoms with Crippen LogP contribution in [0.5, 0.6) is 5.75 Å². The summed E-state index contributed by atoms with van der Waals surface area (Å²) in [5.41, 5.74) is 1.84. The predicted octanol–water partition coefficient (Wildman–Crippen LogP) is 4.02. The average molecular weight is 297 g/mol. The van der Waals surface area contributed by atoms with Gasteiger partial charge in [-0.3, -0.25) is 5.21 Å². The van der Waals surface area contributed by atoms with E-state index in [2.05, 4.69) is 5.29 Å². The summed E-state index contributed by atoms with van der Waals surface area (Å²) in [5.74, 6) is 0.275. The zero-order valence-electron chi connectivity index (χ0n) is 13.8. The molecule has 21 heavy (non-hydrogen) atoms. The highest BCUT2D eigenvalue weighted by atomic mass is 16.6. The van der Waals surface area contributed by atoms with Gasteiger partial charge < -0.3 is 11.3 Å². The topological polar surface area (TPSA) is 108 Å². The second kappa shape index (κ2) is 6.41. The molecule has 120 valence electrons. The summed E-state index contributed by atoms with van der Waals surface area (Å²) in [7, 11) is 0. The zero-order valence-corrected chi connectivity index (χ0v) is 13.8. The molecule has 1 aromatic carbocycles. The van der Waals surface area contributed by atoms with E-state index < -0.39 is 0 Å². The Hall–Kier alpha value is -1.66. The molecule has 6 heteroatoms. The van der Waals surface area contributed by atoms with Gasteiger partial charge in [-0.15, -0.1) is 10.1 Å². The first-order chi connectivity index (χ1) is 8.96. The van der Waals surface area contributed by atoms with E-state index in [1.54, 1.807) is 12.1 Å². The molecule has 0 saturated heterocycles. The molecule has 0 saturated carbocycles. The normalized spacial score (nSPS) is 11.8. The minimum atomic E-state index is -0.241. The summed E-state index contributed by atoms with van der Waals surface area (Å²) in [4.78, 5) is 10.3. The van der Waals surface area contributed by atoms with Crippen LogP contribution in [0.3, 0.4) is 0 Å². The molecule has 0 bridgehead atoms. The van der Waals surface area contributed by atoms with Gasteiger partial charge >= 0.3 is 0 Å². The molecule has 6 nitrogen and oxygen atoms in total. The van der Waals surface area contributed by atoms with E-state index in [1.165, 1.54) is 0 Å². The molecule has 0 aliphatic carbocycles. The Bertz CT molecular complexity index is 467. The highest BCUT2D eigenvalue weighted by molar-refractivity contribution is 5.49. The van der Waals surface area contributed by atoms with E-state index in [4.69, 9.17) is 0 Å². The molecule has 0 aromatic heterocycles. The lowest BCUT2D eigenvalue weighted by Crippen LogP contribution is -2.19. The van der Waals surface area contributed by atoms with Crippen LogP contribution in [0, 0.1) is 4.91 Å². The maximum atomic E-state index is 10.5. The Morgan fingerprint density at radius 3 is 1.71 bits per heavy atom. The summed E-state index contributed by atoms with van der Waals surface area (Å²) in [5, 5.41) is 22.6. The van der Waals surface area contributed by atoms with Crippen molar-refractivity contribution in [2.45, 2.75) is 58.9 Å². The van der Waals surface area contributed by atoms with Crippen molar-refractivity contribution in [3.63, 3.8) is 0 Å². The third kappa shape index (κ3) is 4.68. The quantitative estimate of drug-likeness (QED) is 0.576. The van der Waals surface area contributed by atoms with Crippen LogP contribution in [0.25, 0.3) is 0 Å². The van der Waals surface area contributed by atoms with E-state index in [1.807, 2.05) is 41.5 Å². The van der Waals surface area contributed by atoms with Gasteiger partial charge in [0.05, 0.1) is 11.8 Å². The Morgan fingerprint density at radius 2 is 1.43 bits per heavy atom. The van der Waals surface area contributed by atoms with Gasteiger partial charge in [-0.25, -0.2) is 0 Å². The number of phenols is 1. The van der Waals surface area contributed by atoms with Crippen molar-refractivity contribution in [3.05, 3.63) is 33.7 Å².